The summed E-state index contributed by atoms with van der Waals surface area (Å²) in [6.07, 6.45) is 1.82. The highest BCUT2D eigenvalue weighted by Gasteiger charge is 2.14. The number of thioether (sulfide) groups is 1. The van der Waals surface area contributed by atoms with Crippen LogP contribution >= 0.6 is 39.0 Å². The second kappa shape index (κ2) is 6.17. The first-order valence-electron chi connectivity index (χ1n) is 6.01. The number of fused-ring (bicyclic) bond motifs is 1. The predicted octanol–water partition coefficient (Wildman–Crippen LogP) is 3.48. The predicted molar refractivity (Wildman–Crippen MR) is 87.0 cm³/mol. The zero-order valence-corrected chi connectivity index (χ0v) is 13.9. The van der Waals surface area contributed by atoms with Gasteiger partial charge in [0.2, 0.25) is 0 Å². The number of aromatic nitrogens is 3. The molecule has 3 aromatic rings. The summed E-state index contributed by atoms with van der Waals surface area (Å²) in [5.74, 6) is -0.856. The van der Waals surface area contributed by atoms with Crippen molar-refractivity contribution in [3.8, 4) is 0 Å². The molecule has 0 spiro atoms. The summed E-state index contributed by atoms with van der Waals surface area (Å²) in [5.41, 5.74) is 3.62. The molecule has 8 heteroatoms. The molecule has 3 rings (SSSR count). The van der Waals surface area contributed by atoms with Crippen LogP contribution in [-0.4, -0.2) is 31.4 Å². The summed E-state index contributed by atoms with van der Waals surface area (Å²) in [7, 11) is 0. The van der Waals surface area contributed by atoms with Crippen molar-refractivity contribution in [2.24, 2.45) is 0 Å². The topological polar surface area (TPSA) is 68.0 Å². The molecule has 0 bridgehead atoms. The van der Waals surface area contributed by atoms with Gasteiger partial charge in [0.25, 0.3) is 0 Å². The van der Waals surface area contributed by atoms with E-state index in [-0.39, 0.29) is 5.75 Å². The van der Waals surface area contributed by atoms with Crippen molar-refractivity contribution in [2.45, 2.75) is 11.7 Å². The van der Waals surface area contributed by atoms with Gasteiger partial charge in [-0.15, -0.1) is 11.3 Å². The highest BCUT2D eigenvalue weighted by Crippen LogP contribution is 2.27. The van der Waals surface area contributed by atoms with E-state index in [0.717, 1.165) is 20.4 Å². The molecule has 0 aliphatic heterocycles. The van der Waals surface area contributed by atoms with E-state index in [1.165, 1.54) is 11.8 Å². The van der Waals surface area contributed by atoms with E-state index in [9.17, 15) is 4.79 Å². The normalized spacial score (nSPS) is 11.1. The smallest absolute Gasteiger partial charge is 0.313 e. The van der Waals surface area contributed by atoms with Crippen LogP contribution in [0, 0.1) is 0 Å². The maximum Gasteiger partial charge on any atom is 0.313 e. The SMILES string of the molecule is O=C(O)CSc1nc2cc(Br)ccc2n1Cc1cncs1. The first-order chi connectivity index (χ1) is 10.1. The van der Waals surface area contributed by atoms with Crippen LogP contribution in [0.1, 0.15) is 4.88 Å². The molecule has 2 aromatic heterocycles. The third-order valence-corrected chi connectivity index (χ3v) is 5.02. The van der Waals surface area contributed by atoms with Crippen LogP contribution in [0.4, 0.5) is 0 Å². The van der Waals surface area contributed by atoms with E-state index in [1.807, 2.05) is 29.0 Å². The number of aliphatic carboxylic acids is 1. The fraction of sp³-hybridized carbons (Fsp3) is 0.154. The molecular weight excluding hydrogens is 374 g/mol. The average Bonchev–Trinajstić information content (AvgIpc) is 3.05. The number of carboxylic acids is 1. The number of imidazole rings is 1. The summed E-state index contributed by atoms with van der Waals surface area (Å²) < 4.78 is 2.98. The number of hydrogen-bond donors (Lipinski definition) is 1. The van der Waals surface area contributed by atoms with Gasteiger partial charge in [0.05, 0.1) is 28.8 Å². The van der Waals surface area contributed by atoms with Gasteiger partial charge in [0.1, 0.15) is 0 Å². The number of nitrogens with zero attached hydrogens (tertiary/aromatic N) is 3. The van der Waals surface area contributed by atoms with Crippen molar-refractivity contribution in [1.82, 2.24) is 14.5 Å². The maximum absolute atomic E-state index is 10.8. The quantitative estimate of drug-likeness (QED) is 0.683. The Labute approximate surface area is 137 Å². The Morgan fingerprint density at radius 1 is 1.48 bits per heavy atom. The lowest BCUT2D eigenvalue weighted by atomic mass is 10.3. The van der Waals surface area contributed by atoms with Gasteiger partial charge < -0.3 is 9.67 Å². The zero-order chi connectivity index (χ0) is 14.8. The van der Waals surface area contributed by atoms with Crippen molar-refractivity contribution < 1.29 is 9.90 Å². The molecule has 0 saturated heterocycles. The molecule has 1 aromatic carbocycles. The molecule has 0 aliphatic rings. The largest absolute Gasteiger partial charge is 0.481 e. The number of hydrogen-bond acceptors (Lipinski definition) is 5. The molecule has 0 unspecified atom stereocenters. The third kappa shape index (κ3) is 3.28. The Hall–Kier alpha value is -1.38. The van der Waals surface area contributed by atoms with Gasteiger partial charge in [-0.2, -0.15) is 0 Å². The van der Waals surface area contributed by atoms with E-state index < -0.39 is 5.97 Å². The molecule has 0 saturated carbocycles. The molecule has 5 nitrogen and oxygen atoms in total. The molecule has 1 N–H and O–H groups in total. The Kier molecular flexibility index (Phi) is 4.27. The zero-order valence-electron chi connectivity index (χ0n) is 10.7. The molecule has 0 fully saturated rings. The fourth-order valence-corrected chi connectivity index (χ4v) is 3.61. The minimum Gasteiger partial charge on any atom is -0.481 e. The van der Waals surface area contributed by atoms with Gasteiger partial charge in [0, 0.05) is 15.5 Å². The molecule has 0 aliphatic carbocycles. The van der Waals surface area contributed by atoms with E-state index >= 15 is 0 Å². The van der Waals surface area contributed by atoms with Crippen molar-refractivity contribution in [1.29, 1.82) is 0 Å². The Balaban J connectivity index is 2.03. The average molecular weight is 384 g/mol. The van der Waals surface area contributed by atoms with Crippen LogP contribution in [0.25, 0.3) is 11.0 Å². The minimum atomic E-state index is -0.849. The third-order valence-electron chi connectivity index (χ3n) is 2.80. The van der Waals surface area contributed by atoms with Gasteiger partial charge in [0.15, 0.2) is 5.16 Å². The molecular formula is C13H10BrN3O2S2. The molecule has 21 heavy (non-hydrogen) atoms. The second-order valence-electron chi connectivity index (χ2n) is 4.26. The second-order valence-corrected chi connectivity index (χ2v) is 7.09. The van der Waals surface area contributed by atoms with Crippen molar-refractivity contribution in [3.63, 3.8) is 0 Å². The first kappa shape index (κ1) is 14.6. The number of carbonyl (C=O) groups is 1. The summed E-state index contributed by atoms with van der Waals surface area (Å²) in [4.78, 5) is 20.5. The van der Waals surface area contributed by atoms with E-state index in [1.54, 1.807) is 16.8 Å². The maximum atomic E-state index is 10.8. The van der Waals surface area contributed by atoms with Crippen molar-refractivity contribution >= 4 is 56.0 Å². The number of carboxylic acid groups (broad SMARTS) is 1. The van der Waals surface area contributed by atoms with Crippen LogP contribution in [0.15, 0.2) is 39.5 Å². The fourth-order valence-electron chi connectivity index (χ4n) is 1.95. The summed E-state index contributed by atoms with van der Waals surface area (Å²) in [6, 6.07) is 5.88. The van der Waals surface area contributed by atoms with Crippen LogP contribution in [0.2, 0.25) is 0 Å². The first-order valence-corrected chi connectivity index (χ1v) is 8.67. The van der Waals surface area contributed by atoms with Crippen molar-refractivity contribution in [3.05, 3.63) is 39.3 Å². The van der Waals surface area contributed by atoms with Crippen LogP contribution in [0.3, 0.4) is 0 Å². The highest BCUT2D eigenvalue weighted by atomic mass is 79.9. The Morgan fingerprint density at radius 3 is 3.05 bits per heavy atom. The number of thiazole rings is 1. The number of halogens is 1. The summed E-state index contributed by atoms with van der Waals surface area (Å²) in [6.45, 7) is 0.644. The lowest BCUT2D eigenvalue weighted by Gasteiger charge is -2.06. The van der Waals surface area contributed by atoms with Crippen molar-refractivity contribution in [2.75, 3.05) is 5.75 Å². The van der Waals surface area contributed by atoms with Crippen LogP contribution in [-0.2, 0) is 11.3 Å². The number of rotatable bonds is 5. The Bertz CT molecular complexity index is 786. The van der Waals surface area contributed by atoms with Gasteiger partial charge in [-0.3, -0.25) is 9.78 Å². The molecule has 0 atom stereocenters. The summed E-state index contributed by atoms with van der Waals surface area (Å²) in [5, 5.41) is 9.58. The molecule has 0 radical (unpaired) electrons. The monoisotopic (exact) mass is 383 g/mol. The minimum absolute atomic E-state index is 0.00676. The van der Waals surface area contributed by atoms with E-state index in [4.69, 9.17) is 5.11 Å². The van der Waals surface area contributed by atoms with Gasteiger partial charge >= 0.3 is 5.97 Å². The van der Waals surface area contributed by atoms with E-state index in [2.05, 4.69) is 25.9 Å². The van der Waals surface area contributed by atoms with Gasteiger partial charge in [-0.1, -0.05) is 27.7 Å². The molecule has 2 heterocycles. The van der Waals surface area contributed by atoms with Gasteiger partial charge in [-0.25, -0.2) is 4.98 Å². The lowest BCUT2D eigenvalue weighted by Crippen LogP contribution is -2.03. The molecule has 108 valence electrons. The van der Waals surface area contributed by atoms with Crippen LogP contribution in [0.5, 0.6) is 0 Å². The van der Waals surface area contributed by atoms with Gasteiger partial charge in [-0.05, 0) is 18.2 Å². The standard InChI is InChI=1S/C13H10BrN3O2S2/c14-8-1-2-11-10(3-8)16-13(20-6-12(18)19)17(11)5-9-4-15-7-21-9/h1-4,7H,5-6H2,(H,18,19). The van der Waals surface area contributed by atoms with E-state index in [0.29, 0.717) is 11.7 Å². The number of benzene rings is 1. The lowest BCUT2D eigenvalue weighted by molar-refractivity contribution is -0.133. The Morgan fingerprint density at radius 2 is 2.33 bits per heavy atom. The molecule has 0 amide bonds. The summed E-state index contributed by atoms with van der Waals surface area (Å²) >= 11 is 6.23. The highest BCUT2D eigenvalue weighted by molar-refractivity contribution is 9.10. The van der Waals surface area contributed by atoms with Crippen LogP contribution < -0.4 is 0 Å².